The zero-order chi connectivity index (χ0) is 30.5. The Morgan fingerprint density at radius 1 is 0.860 bits per heavy atom. The van der Waals surface area contributed by atoms with Crippen LogP contribution in [0.1, 0.15) is 34.4 Å². The molecule has 0 radical (unpaired) electrons. The monoisotopic (exact) mass is 579 g/mol. The van der Waals surface area contributed by atoms with Crippen molar-refractivity contribution in [2.75, 3.05) is 47.9 Å². The van der Waals surface area contributed by atoms with E-state index in [-0.39, 0.29) is 18.8 Å². The summed E-state index contributed by atoms with van der Waals surface area (Å²) in [7, 11) is 0. The van der Waals surface area contributed by atoms with E-state index in [1.165, 1.54) is 5.56 Å². The minimum absolute atomic E-state index is 0.155. The number of hydrogen-bond donors (Lipinski definition) is 1. The number of Topliss-reactive ketones (excluding diaryl/α,β-unsaturated/α-hetero) is 1. The number of rotatable bonds is 9. The Kier molecular flexibility index (Phi) is 8.90. The molecular formula is C34H37N5O4. The molecule has 1 N–H and O–H groups in total. The lowest BCUT2D eigenvalue weighted by Gasteiger charge is -2.37. The molecule has 9 heteroatoms. The normalized spacial score (nSPS) is 13.1. The van der Waals surface area contributed by atoms with Gasteiger partial charge < -0.3 is 24.4 Å². The Bertz CT molecular complexity index is 1600. The summed E-state index contributed by atoms with van der Waals surface area (Å²) >= 11 is 0. The molecule has 5 rings (SSSR count). The van der Waals surface area contributed by atoms with Crippen molar-refractivity contribution in [3.05, 3.63) is 95.4 Å². The van der Waals surface area contributed by atoms with E-state index >= 15 is 0 Å². The molecule has 4 aromatic rings. The van der Waals surface area contributed by atoms with Gasteiger partial charge in [0.25, 0.3) is 11.7 Å². The number of carbonyl (C=O) groups excluding carboxylic acids is 3. The zero-order valence-electron chi connectivity index (χ0n) is 25.1. The van der Waals surface area contributed by atoms with Gasteiger partial charge in [-0.2, -0.15) is 0 Å². The fourth-order valence-electron chi connectivity index (χ4n) is 5.53. The number of benzene rings is 2. The van der Waals surface area contributed by atoms with E-state index < -0.39 is 17.7 Å². The highest BCUT2D eigenvalue weighted by Crippen LogP contribution is 2.29. The van der Waals surface area contributed by atoms with Gasteiger partial charge in [0.15, 0.2) is 0 Å². The number of aromatic nitrogens is 2. The number of esters is 1. The molecule has 1 amide bonds. The average molecular weight is 580 g/mol. The molecule has 0 atom stereocenters. The van der Waals surface area contributed by atoms with Crippen molar-refractivity contribution in [3.8, 4) is 11.1 Å². The smallest absolute Gasteiger partial charge is 0.325 e. The van der Waals surface area contributed by atoms with E-state index in [4.69, 9.17) is 9.72 Å². The number of amides is 1. The van der Waals surface area contributed by atoms with E-state index in [0.717, 1.165) is 48.9 Å². The van der Waals surface area contributed by atoms with Gasteiger partial charge in [-0.15, -0.1) is 0 Å². The highest BCUT2D eigenvalue weighted by Gasteiger charge is 2.27. The van der Waals surface area contributed by atoms with E-state index in [1.807, 2.05) is 55.5 Å². The van der Waals surface area contributed by atoms with Gasteiger partial charge in [-0.3, -0.25) is 14.4 Å². The molecule has 2 aromatic carbocycles. The number of pyridine rings is 1. The number of nitrogens with zero attached hydrogens (tertiary/aromatic N) is 4. The topological polar surface area (TPSA) is 96.8 Å². The number of piperazine rings is 1. The van der Waals surface area contributed by atoms with Crippen LogP contribution in [0.4, 0.5) is 17.2 Å². The molecule has 0 spiro atoms. The number of ether oxygens (including phenoxy) is 1. The van der Waals surface area contributed by atoms with Crippen LogP contribution < -0.4 is 15.1 Å². The van der Waals surface area contributed by atoms with Crippen molar-refractivity contribution in [2.24, 2.45) is 0 Å². The lowest BCUT2D eigenvalue weighted by Crippen LogP contribution is -2.46. The minimum Gasteiger partial charge on any atom is -0.465 e. The quantitative estimate of drug-likeness (QED) is 0.166. The molecule has 1 fully saturated rings. The van der Waals surface area contributed by atoms with Crippen LogP contribution in [0.3, 0.4) is 0 Å². The highest BCUT2D eigenvalue weighted by molar-refractivity contribution is 6.47. The SMILES string of the molecule is CCOC(=O)Cn1c(C)cc(-c2ccccc2)c1C(=O)C(=O)Nc1ccc(N2CCN(c3cc(C)cc(C)n3)CC2)cc1. The predicted octanol–water partition coefficient (Wildman–Crippen LogP) is 5.19. The fraction of sp³-hybridized carbons (Fsp3) is 0.294. The van der Waals surface area contributed by atoms with E-state index in [0.29, 0.717) is 16.9 Å². The van der Waals surface area contributed by atoms with Crippen LogP contribution in [-0.2, 0) is 20.9 Å². The maximum Gasteiger partial charge on any atom is 0.325 e. The molecule has 43 heavy (non-hydrogen) atoms. The first-order chi connectivity index (χ1) is 20.7. The number of ketones is 1. The number of hydrogen-bond acceptors (Lipinski definition) is 7. The van der Waals surface area contributed by atoms with Crippen LogP contribution >= 0.6 is 0 Å². The van der Waals surface area contributed by atoms with E-state index in [9.17, 15) is 14.4 Å². The maximum atomic E-state index is 13.6. The molecule has 1 aliphatic rings. The van der Waals surface area contributed by atoms with Gasteiger partial charge in [0.1, 0.15) is 18.1 Å². The van der Waals surface area contributed by atoms with Crippen LogP contribution in [0.5, 0.6) is 0 Å². The van der Waals surface area contributed by atoms with E-state index in [2.05, 4.69) is 34.2 Å². The van der Waals surface area contributed by atoms with Crippen LogP contribution in [0.25, 0.3) is 11.1 Å². The molecule has 0 saturated carbocycles. The van der Waals surface area contributed by atoms with Crippen LogP contribution in [0.15, 0.2) is 72.8 Å². The van der Waals surface area contributed by atoms with Crippen molar-refractivity contribution < 1.29 is 19.1 Å². The Morgan fingerprint density at radius 2 is 1.53 bits per heavy atom. The highest BCUT2D eigenvalue weighted by atomic mass is 16.5. The van der Waals surface area contributed by atoms with Crippen molar-refractivity contribution in [1.82, 2.24) is 9.55 Å². The van der Waals surface area contributed by atoms with Crippen molar-refractivity contribution in [1.29, 1.82) is 0 Å². The molecular weight excluding hydrogens is 542 g/mol. The van der Waals surface area contributed by atoms with Gasteiger partial charge in [-0.05, 0) is 81.3 Å². The van der Waals surface area contributed by atoms with Crippen molar-refractivity contribution in [3.63, 3.8) is 0 Å². The minimum atomic E-state index is -0.775. The Hall–Kier alpha value is -4.92. The number of anilines is 3. The van der Waals surface area contributed by atoms with Crippen LogP contribution in [-0.4, -0.2) is 60.0 Å². The summed E-state index contributed by atoms with van der Waals surface area (Å²) in [6, 6.07) is 22.9. The summed E-state index contributed by atoms with van der Waals surface area (Å²) in [6.45, 7) is 11.1. The second kappa shape index (κ2) is 12.9. The first-order valence-electron chi connectivity index (χ1n) is 14.6. The Balaban J connectivity index is 1.28. The van der Waals surface area contributed by atoms with Gasteiger partial charge >= 0.3 is 5.97 Å². The predicted molar refractivity (Wildman–Crippen MR) is 169 cm³/mol. The third-order valence-corrected chi connectivity index (χ3v) is 7.58. The molecule has 0 aliphatic carbocycles. The summed E-state index contributed by atoms with van der Waals surface area (Å²) in [4.78, 5) is 48.5. The van der Waals surface area contributed by atoms with E-state index in [1.54, 1.807) is 30.5 Å². The summed E-state index contributed by atoms with van der Waals surface area (Å²) in [5.74, 6) is -0.963. The second-order valence-electron chi connectivity index (χ2n) is 10.8. The first-order valence-corrected chi connectivity index (χ1v) is 14.6. The maximum absolute atomic E-state index is 13.6. The summed E-state index contributed by atoms with van der Waals surface area (Å²) in [5.41, 5.74) is 5.99. The average Bonchev–Trinajstić information content (AvgIpc) is 3.32. The largest absolute Gasteiger partial charge is 0.465 e. The molecule has 9 nitrogen and oxygen atoms in total. The first kappa shape index (κ1) is 29.6. The van der Waals surface area contributed by atoms with Gasteiger partial charge in [-0.25, -0.2) is 4.98 Å². The van der Waals surface area contributed by atoms with Gasteiger partial charge in [-0.1, -0.05) is 30.3 Å². The lowest BCUT2D eigenvalue weighted by atomic mass is 10.0. The standard InChI is InChI=1S/C34H37N5O4/c1-5-43-31(40)22-39-25(4)21-29(26-9-7-6-8-10-26)32(39)33(41)34(42)36-27-11-13-28(14-12-27)37-15-17-38(18-16-37)30-20-23(2)19-24(3)35-30/h6-14,19-21H,5,15-18,22H2,1-4H3,(H,36,42). The lowest BCUT2D eigenvalue weighted by molar-refractivity contribution is -0.143. The molecule has 0 unspecified atom stereocenters. The molecule has 222 valence electrons. The fourth-order valence-corrected chi connectivity index (χ4v) is 5.53. The van der Waals surface area contributed by atoms with Gasteiger partial charge in [0.05, 0.1) is 6.61 Å². The Morgan fingerprint density at radius 3 is 2.19 bits per heavy atom. The number of aryl methyl sites for hydroxylation is 3. The third-order valence-electron chi connectivity index (χ3n) is 7.58. The Labute approximate surface area is 252 Å². The second-order valence-corrected chi connectivity index (χ2v) is 10.8. The molecule has 1 aliphatic heterocycles. The summed E-state index contributed by atoms with van der Waals surface area (Å²) in [5, 5.41) is 2.75. The van der Waals surface area contributed by atoms with Crippen molar-refractivity contribution >= 4 is 34.9 Å². The summed E-state index contributed by atoms with van der Waals surface area (Å²) in [6.07, 6.45) is 0. The van der Waals surface area contributed by atoms with Crippen LogP contribution in [0.2, 0.25) is 0 Å². The molecule has 2 aromatic heterocycles. The molecule has 1 saturated heterocycles. The zero-order valence-corrected chi connectivity index (χ0v) is 25.1. The molecule has 0 bridgehead atoms. The van der Waals surface area contributed by atoms with Gasteiger partial charge in [0, 0.05) is 54.5 Å². The summed E-state index contributed by atoms with van der Waals surface area (Å²) < 4.78 is 6.68. The molecule has 3 heterocycles. The number of carbonyl (C=O) groups is 3. The van der Waals surface area contributed by atoms with Gasteiger partial charge in [0.2, 0.25) is 0 Å². The number of nitrogens with one attached hydrogen (secondary N) is 1. The van der Waals surface area contributed by atoms with Crippen LogP contribution in [0, 0.1) is 20.8 Å². The van der Waals surface area contributed by atoms with Crippen molar-refractivity contribution in [2.45, 2.75) is 34.2 Å². The third kappa shape index (κ3) is 6.77.